The highest BCUT2D eigenvalue weighted by Crippen LogP contribution is 2.19. The average Bonchev–Trinajstić information content (AvgIpc) is 3.17. The van der Waals surface area contributed by atoms with E-state index in [1.807, 2.05) is 24.3 Å². The first kappa shape index (κ1) is 26.7. The summed E-state index contributed by atoms with van der Waals surface area (Å²) in [6, 6.07) is 5.57. The van der Waals surface area contributed by atoms with Gasteiger partial charge in [-0.2, -0.15) is 0 Å². The molecule has 4 N–H and O–H groups in total. The van der Waals surface area contributed by atoms with E-state index in [0.717, 1.165) is 16.5 Å². The Labute approximate surface area is 198 Å². The molecule has 10 heteroatoms. The molecule has 0 unspecified atom stereocenters. The molecular weight excluding hydrogens is 438 g/mol. The smallest absolute Gasteiger partial charge is 0.328 e. The fourth-order valence-corrected chi connectivity index (χ4v) is 3.45. The second kappa shape index (κ2) is 12.6. The number of H-pyrrole nitrogens is 1. The number of nitrogens with one attached hydrogen (secondary N) is 4. The number of carbonyl (C=O) groups excluding carboxylic acids is 4. The molecule has 0 aliphatic heterocycles. The van der Waals surface area contributed by atoms with E-state index in [4.69, 9.17) is 10.1 Å². The van der Waals surface area contributed by atoms with E-state index in [2.05, 4.69) is 15.6 Å². The third kappa shape index (κ3) is 8.11. The number of aromatic nitrogens is 1. The van der Waals surface area contributed by atoms with Crippen LogP contribution in [-0.2, 0) is 30.3 Å². The number of hydrogen-bond acceptors (Lipinski definition) is 7. The van der Waals surface area contributed by atoms with Crippen LogP contribution in [0.4, 0.5) is 0 Å². The summed E-state index contributed by atoms with van der Waals surface area (Å²) in [5.74, 6) is -2.05. The largest absolute Gasteiger partial charge is 0.461 e. The monoisotopic (exact) mass is 471 g/mol. The molecule has 0 saturated carbocycles. The van der Waals surface area contributed by atoms with E-state index < -0.39 is 35.8 Å². The molecule has 10 nitrogen and oxygen atoms in total. The molecule has 2 aromatic rings. The maximum Gasteiger partial charge on any atom is 0.328 e. The lowest BCUT2D eigenvalue weighted by molar-refractivity contribution is -0.151. The van der Waals surface area contributed by atoms with Crippen molar-refractivity contribution in [3.8, 4) is 0 Å². The highest BCUT2D eigenvalue weighted by atomic mass is 16.5. The Morgan fingerprint density at radius 2 is 1.82 bits per heavy atom. The molecule has 184 valence electrons. The lowest BCUT2D eigenvalue weighted by atomic mass is 10.0. The van der Waals surface area contributed by atoms with Crippen molar-refractivity contribution in [3.63, 3.8) is 0 Å². The fraction of sp³-hybridized carbons (Fsp3) is 0.458. The van der Waals surface area contributed by atoms with Crippen LogP contribution in [0, 0.1) is 5.41 Å². The first-order valence-electron chi connectivity index (χ1n) is 11.1. The Balaban J connectivity index is 2.25. The minimum atomic E-state index is -1.09. The number of esters is 1. The van der Waals surface area contributed by atoms with Crippen LogP contribution in [0.1, 0.15) is 32.3 Å². The first-order chi connectivity index (χ1) is 16.1. The number of likely N-dealkylation sites (N-methyl/N-ethyl adjacent to an activating group) is 1. The van der Waals surface area contributed by atoms with E-state index in [0.29, 0.717) is 6.21 Å². The minimum Gasteiger partial charge on any atom is -0.461 e. The van der Waals surface area contributed by atoms with Gasteiger partial charge in [-0.25, -0.2) is 4.79 Å². The molecular formula is C24H33N5O5. The summed E-state index contributed by atoms with van der Waals surface area (Å²) >= 11 is 0. The zero-order valence-electron chi connectivity index (χ0n) is 20.0. The summed E-state index contributed by atoms with van der Waals surface area (Å²) in [6.45, 7) is 3.45. The molecule has 0 aliphatic carbocycles. The molecule has 0 bridgehead atoms. The molecule has 2 atom stereocenters. The van der Waals surface area contributed by atoms with Crippen molar-refractivity contribution >= 4 is 40.7 Å². The first-order valence-corrected chi connectivity index (χ1v) is 11.1. The number of rotatable bonds is 13. The number of benzene rings is 1. The number of aromatic amines is 1. The van der Waals surface area contributed by atoms with Gasteiger partial charge in [-0.15, -0.1) is 0 Å². The molecule has 0 spiro atoms. The van der Waals surface area contributed by atoms with Gasteiger partial charge in [0.1, 0.15) is 12.1 Å². The fourth-order valence-electron chi connectivity index (χ4n) is 3.45. The molecule has 2 amide bonds. The molecule has 34 heavy (non-hydrogen) atoms. The molecule has 0 fully saturated rings. The highest BCUT2D eigenvalue weighted by Gasteiger charge is 2.29. The van der Waals surface area contributed by atoms with Crippen LogP contribution < -0.4 is 10.6 Å². The molecule has 1 heterocycles. The van der Waals surface area contributed by atoms with Crippen molar-refractivity contribution in [1.82, 2.24) is 20.5 Å². The van der Waals surface area contributed by atoms with Gasteiger partial charge in [-0.05, 0) is 46.0 Å². The van der Waals surface area contributed by atoms with Crippen LogP contribution in [0.5, 0.6) is 0 Å². The van der Waals surface area contributed by atoms with Gasteiger partial charge >= 0.3 is 5.97 Å². The number of para-hydroxylation sites is 1. The quantitative estimate of drug-likeness (QED) is 0.255. The Bertz CT molecular complexity index is 1030. The van der Waals surface area contributed by atoms with E-state index >= 15 is 0 Å². The van der Waals surface area contributed by atoms with Crippen molar-refractivity contribution < 1.29 is 23.9 Å². The van der Waals surface area contributed by atoms with E-state index in [9.17, 15) is 19.2 Å². The standard InChI is InChI=1S/C24H33N5O5/c1-15(2)34-24(33)20(10-9-17(30)12-25)28-23(32)21(27-22(31)14-29(3)4)11-16-13-26-19-8-6-5-7-18(16)19/h5-8,12-13,15,20-21,25-26H,9-11,14H2,1-4H3,(H,27,31)(H,28,32)/t20-,21-/m0/s1. The van der Waals surface area contributed by atoms with Crippen molar-refractivity contribution in [2.24, 2.45) is 0 Å². The summed E-state index contributed by atoms with van der Waals surface area (Å²) in [5, 5.41) is 13.4. The Hall–Kier alpha value is -3.53. The Kier molecular flexibility index (Phi) is 9.93. The molecule has 0 saturated heterocycles. The number of fused-ring (bicyclic) bond motifs is 1. The lowest BCUT2D eigenvalue weighted by Crippen LogP contribution is -2.54. The SMILES string of the molecule is CC(C)OC(=O)[C@H](CCC(=O)C=N)NC(=O)[C@H](Cc1c[nH]c2ccccc12)NC(=O)CN(C)C. The molecule has 0 radical (unpaired) electrons. The highest BCUT2D eigenvalue weighted by molar-refractivity contribution is 6.26. The Morgan fingerprint density at radius 3 is 2.47 bits per heavy atom. The zero-order valence-corrected chi connectivity index (χ0v) is 20.0. The van der Waals surface area contributed by atoms with Gasteiger partial charge in [0.15, 0.2) is 5.78 Å². The average molecular weight is 472 g/mol. The van der Waals surface area contributed by atoms with Crippen molar-refractivity contribution in [2.45, 2.75) is 51.3 Å². The molecule has 0 aliphatic rings. The summed E-state index contributed by atoms with van der Waals surface area (Å²) in [4.78, 5) is 54.7. The van der Waals surface area contributed by atoms with Gasteiger partial charge in [0.2, 0.25) is 11.8 Å². The predicted molar refractivity (Wildman–Crippen MR) is 129 cm³/mol. The van der Waals surface area contributed by atoms with Crippen LogP contribution in [-0.4, -0.2) is 78.5 Å². The summed E-state index contributed by atoms with van der Waals surface area (Å²) < 4.78 is 5.24. The topological polar surface area (TPSA) is 144 Å². The van der Waals surface area contributed by atoms with Crippen LogP contribution in [0.3, 0.4) is 0 Å². The normalized spacial score (nSPS) is 12.9. The molecule has 2 rings (SSSR count). The number of carbonyl (C=O) groups is 4. The number of nitrogens with zero attached hydrogens (tertiary/aromatic N) is 1. The van der Waals surface area contributed by atoms with Gasteiger partial charge in [0.25, 0.3) is 0 Å². The van der Waals surface area contributed by atoms with Gasteiger partial charge in [-0.1, -0.05) is 18.2 Å². The van der Waals surface area contributed by atoms with Crippen LogP contribution in [0.2, 0.25) is 0 Å². The third-order valence-electron chi connectivity index (χ3n) is 5.00. The summed E-state index contributed by atoms with van der Waals surface area (Å²) in [5.41, 5.74) is 1.74. The van der Waals surface area contributed by atoms with Crippen LogP contribution in [0.25, 0.3) is 10.9 Å². The third-order valence-corrected chi connectivity index (χ3v) is 5.00. The van der Waals surface area contributed by atoms with Crippen molar-refractivity contribution in [2.75, 3.05) is 20.6 Å². The van der Waals surface area contributed by atoms with E-state index in [1.54, 1.807) is 39.0 Å². The second-order valence-electron chi connectivity index (χ2n) is 8.62. The van der Waals surface area contributed by atoms with Gasteiger partial charge < -0.3 is 30.7 Å². The van der Waals surface area contributed by atoms with E-state index in [1.165, 1.54) is 0 Å². The minimum absolute atomic E-state index is 0.0169. The Morgan fingerprint density at radius 1 is 1.12 bits per heavy atom. The van der Waals surface area contributed by atoms with Gasteiger partial charge in [0.05, 0.1) is 18.9 Å². The van der Waals surface area contributed by atoms with Gasteiger partial charge in [0, 0.05) is 29.9 Å². The van der Waals surface area contributed by atoms with Crippen molar-refractivity contribution in [3.05, 3.63) is 36.0 Å². The number of ether oxygens (including phenoxy) is 1. The number of amides is 2. The van der Waals surface area contributed by atoms with Crippen LogP contribution >= 0.6 is 0 Å². The van der Waals surface area contributed by atoms with E-state index in [-0.39, 0.29) is 31.7 Å². The zero-order chi connectivity index (χ0) is 25.3. The molecule has 1 aromatic heterocycles. The maximum absolute atomic E-state index is 13.3. The second-order valence-corrected chi connectivity index (χ2v) is 8.62. The maximum atomic E-state index is 13.3. The number of Topliss-reactive ketones (excluding diaryl/α,β-unsaturated/α-hetero) is 1. The van der Waals surface area contributed by atoms with Gasteiger partial charge in [-0.3, -0.25) is 14.4 Å². The number of hydrogen-bond donors (Lipinski definition) is 4. The predicted octanol–water partition coefficient (Wildman–Crippen LogP) is 1.19. The van der Waals surface area contributed by atoms with Crippen molar-refractivity contribution in [1.29, 1.82) is 5.41 Å². The summed E-state index contributed by atoms with van der Waals surface area (Å²) in [6.07, 6.45) is 2.13. The number of ketones is 1. The lowest BCUT2D eigenvalue weighted by Gasteiger charge is -2.23. The van der Waals surface area contributed by atoms with Crippen LogP contribution in [0.15, 0.2) is 30.5 Å². The summed E-state index contributed by atoms with van der Waals surface area (Å²) in [7, 11) is 3.49. The molecule has 1 aromatic carbocycles.